The van der Waals surface area contributed by atoms with Crippen LogP contribution in [0.15, 0.2) is 18.2 Å². The highest BCUT2D eigenvalue weighted by Crippen LogP contribution is 2.26. The Kier molecular flexibility index (Phi) is 4.74. The van der Waals surface area contributed by atoms with Gasteiger partial charge in [0.05, 0.1) is 24.7 Å². The Hall–Kier alpha value is -1.30. The molecular weight excluding hydrogens is 248 g/mol. The molecule has 6 heteroatoms. The van der Waals surface area contributed by atoms with Crippen LogP contribution in [-0.4, -0.2) is 40.4 Å². The second kappa shape index (κ2) is 5.86. The lowest BCUT2D eigenvalue weighted by atomic mass is 9.99. The van der Waals surface area contributed by atoms with Crippen LogP contribution in [0.4, 0.5) is 0 Å². The van der Waals surface area contributed by atoms with Crippen LogP contribution >= 0.6 is 11.6 Å². The predicted octanol–water partition coefficient (Wildman–Crippen LogP) is 1.03. The van der Waals surface area contributed by atoms with E-state index in [1.54, 1.807) is 0 Å². The average molecular weight is 261 g/mol. The van der Waals surface area contributed by atoms with Crippen molar-refractivity contribution in [2.75, 3.05) is 13.0 Å². The van der Waals surface area contributed by atoms with Gasteiger partial charge in [-0.05, 0) is 18.2 Å². The first-order valence-electron chi connectivity index (χ1n) is 4.84. The smallest absolute Gasteiger partial charge is 0.336 e. The Morgan fingerprint density at radius 2 is 2.12 bits per heavy atom. The van der Waals surface area contributed by atoms with Gasteiger partial charge in [0.25, 0.3) is 0 Å². The van der Waals surface area contributed by atoms with E-state index in [-0.39, 0.29) is 17.0 Å². The van der Waals surface area contributed by atoms with Gasteiger partial charge in [0.15, 0.2) is 0 Å². The highest BCUT2D eigenvalue weighted by atomic mass is 35.5. The zero-order chi connectivity index (χ0) is 13.0. The number of alkyl halides is 1. The fourth-order valence-corrected chi connectivity index (χ4v) is 1.57. The molecule has 1 rings (SSSR count). The van der Waals surface area contributed by atoms with E-state index in [1.165, 1.54) is 25.3 Å². The van der Waals surface area contributed by atoms with Gasteiger partial charge in [-0.25, -0.2) is 4.79 Å². The molecule has 1 aromatic carbocycles. The van der Waals surface area contributed by atoms with E-state index in [4.69, 9.17) is 21.4 Å². The minimum atomic E-state index is -1.37. The van der Waals surface area contributed by atoms with Gasteiger partial charge in [-0.2, -0.15) is 0 Å². The first-order valence-corrected chi connectivity index (χ1v) is 5.38. The standard InChI is InChI=1S/C11H13ClO5/c1-17-6-2-3-7(11(15)16)8(4-6)10(14)9(13)5-12/h2-4,9-10,13-14H,5H2,1H3,(H,15,16). The third-order valence-corrected chi connectivity index (χ3v) is 2.65. The number of carboxylic acid groups (broad SMARTS) is 1. The lowest BCUT2D eigenvalue weighted by molar-refractivity contribution is 0.0312. The summed E-state index contributed by atoms with van der Waals surface area (Å²) in [7, 11) is 1.42. The van der Waals surface area contributed by atoms with Crippen LogP contribution in [0, 0.1) is 0 Å². The molecule has 0 amide bonds. The van der Waals surface area contributed by atoms with E-state index < -0.39 is 18.2 Å². The molecule has 17 heavy (non-hydrogen) atoms. The Labute approximate surface area is 103 Å². The molecular formula is C11H13ClO5. The molecule has 0 aromatic heterocycles. The summed E-state index contributed by atoms with van der Waals surface area (Å²) in [5, 5.41) is 28.2. The van der Waals surface area contributed by atoms with Crippen molar-refractivity contribution in [3.05, 3.63) is 29.3 Å². The molecule has 0 saturated carbocycles. The van der Waals surface area contributed by atoms with Gasteiger partial charge >= 0.3 is 5.97 Å². The number of carbonyl (C=O) groups is 1. The number of aliphatic hydroxyl groups is 2. The van der Waals surface area contributed by atoms with Crippen molar-refractivity contribution in [2.45, 2.75) is 12.2 Å². The summed E-state index contributed by atoms with van der Waals surface area (Å²) < 4.78 is 4.93. The predicted molar refractivity (Wildman–Crippen MR) is 61.6 cm³/mol. The zero-order valence-corrected chi connectivity index (χ0v) is 9.89. The van der Waals surface area contributed by atoms with Crippen LogP contribution in [-0.2, 0) is 0 Å². The van der Waals surface area contributed by atoms with E-state index in [9.17, 15) is 15.0 Å². The topological polar surface area (TPSA) is 87.0 Å². The molecule has 0 aliphatic carbocycles. The summed E-state index contributed by atoms with van der Waals surface area (Å²) >= 11 is 5.41. The highest BCUT2D eigenvalue weighted by Gasteiger charge is 2.23. The molecule has 2 atom stereocenters. The molecule has 3 N–H and O–H groups in total. The van der Waals surface area contributed by atoms with Gasteiger partial charge in [0.1, 0.15) is 11.9 Å². The van der Waals surface area contributed by atoms with Crippen LogP contribution in [0.25, 0.3) is 0 Å². The summed E-state index contributed by atoms with van der Waals surface area (Å²) in [4.78, 5) is 11.0. The second-order valence-electron chi connectivity index (χ2n) is 3.42. The highest BCUT2D eigenvalue weighted by molar-refractivity contribution is 6.18. The molecule has 0 spiro atoms. The van der Waals surface area contributed by atoms with Crippen LogP contribution in [0.1, 0.15) is 22.0 Å². The molecule has 0 fully saturated rings. The maximum atomic E-state index is 11.0. The molecule has 5 nitrogen and oxygen atoms in total. The summed E-state index contributed by atoms with van der Waals surface area (Å²) in [6, 6.07) is 4.14. The maximum absolute atomic E-state index is 11.0. The molecule has 0 radical (unpaired) electrons. The molecule has 94 valence electrons. The minimum absolute atomic E-state index is 0.0741. The lowest BCUT2D eigenvalue weighted by Gasteiger charge is -2.18. The Morgan fingerprint density at radius 1 is 1.47 bits per heavy atom. The van der Waals surface area contributed by atoms with Gasteiger partial charge in [-0.1, -0.05) is 0 Å². The molecule has 2 unspecified atom stereocenters. The fourth-order valence-electron chi connectivity index (χ4n) is 1.40. The third kappa shape index (κ3) is 3.09. The lowest BCUT2D eigenvalue weighted by Crippen LogP contribution is -2.22. The molecule has 0 heterocycles. The van der Waals surface area contributed by atoms with Crippen molar-refractivity contribution in [1.82, 2.24) is 0 Å². The largest absolute Gasteiger partial charge is 0.497 e. The van der Waals surface area contributed by atoms with E-state index in [1.807, 2.05) is 0 Å². The molecule has 1 aromatic rings. The summed E-state index contributed by atoms with van der Waals surface area (Å²) in [5.41, 5.74) is -0.0209. The Balaban J connectivity index is 3.21. The van der Waals surface area contributed by atoms with Crippen molar-refractivity contribution in [3.63, 3.8) is 0 Å². The SMILES string of the molecule is COc1ccc(C(=O)O)c(C(O)C(O)CCl)c1. The molecule has 0 saturated heterocycles. The number of aliphatic hydroxyl groups excluding tert-OH is 2. The number of ether oxygens (including phenoxy) is 1. The van der Waals surface area contributed by atoms with Crippen molar-refractivity contribution >= 4 is 17.6 Å². The maximum Gasteiger partial charge on any atom is 0.336 e. The van der Waals surface area contributed by atoms with Crippen LogP contribution < -0.4 is 4.74 Å². The summed E-state index contributed by atoms with van der Waals surface area (Å²) in [6.07, 6.45) is -2.60. The van der Waals surface area contributed by atoms with Crippen LogP contribution in [0.5, 0.6) is 5.75 Å². The van der Waals surface area contributed by atoms with Crippen molar-refractivity contribution in [3.8, 4) is 5.75 Å². The van der Waals surface area contributed by atoms with Gasteiger partial charge < -0.3 is 20.1 Å². The molecule has 0 aliphatic rings. The van der Waals surface area contributed by atoms with Crippen LogP contribution in [0.2, 0.25) is 0 Å². The van der Waals surface area contributed by atoms with Gasteiger partial charge in [-0.15, -0.1) is 11.6 Å². The third-order valence-electron chi connectivity index (χ3n) is 2.33. The van der Waals surface area contributed by atoms with Gasteiger partial charge in [0.2, 0.25) is 0 Å². The van der Waals surface area contributed by atoms with E-state index in [0.717, 1.165) is 0 Å². The van der Waals surface area contributed by atoms with E-state index in [0.29, 0.717) is 5.75 Å². The normalized spacial score (nSPS) is 14.1. The van der Waals surface area contributed by atoms with E-state index in [2.05, 4.69) is 0 Å². The Morgan fingerprint density at radius 3 is 2.59 bits per heavy atom. The van der Waals surface area contributed by atoms with Gasteiger partial charge in [0, 0.05) is 5.56 Å². The number of benzene rings is 1. The van der Waals surface area contributed by atoms with Crippen LogP contribution in [0.3, 0.4) is 0 Å². The molecule has 0 aliphatic heterocycles. The number of hydrogen-bond donors (Lipinski definition) is 3. The molecule has 0 bridgehead atoms. The van der Waals surface area contributed by atoms with Crippen molar-refractivity contribution < 1.29 is 24.9 Å². The summed E-state index contributed by atoms with van der Waals surface area (Å²) in [5.74, 6) is -0.994. The minimum Gasteiger partial charge on any atom is -0.497 e. The first-order chi connectivity index (χ1) is 8.01. The van der Waals surface area contributed by atoms with Crippen molar-refractivity contribution in [1.29, 1.82) is 0 Å². The number of carboxylic acids is 1. The number of rotatable bonds is 5. The monoisotopic (exact) mass is 260 g/mol. The second-order valence-corrected chi connectivity index (χ2v) is 3.73. The zero-order valence-electron chi connectivity index (χ0n) is 9.13. The van der Waals surface area contributed by atoms with E-state index >= 15 is 0 Å². The quantitative estimate of drug-likeness (QED) is 0.688. The summed E-state index contributed by atoms with van der Waals surface area (Å²) in [6.45, 7) is 0. The number of hydrogen-bond acceptors (Lipinski definition) is 4. The number of methoxy groups -OCH3 is 1. The Bertz CT molecular complexity index is 407. The first kappa shape index (κ1) is 13.8. The number of halogens is 1. The number of aromatic carboxylic acids is 1. The average Bonchev–Trinajstić information content (AvgIpc) is 2.35. The fraction of sp³-hybridized carbons (Fsp3) is 0.364. The van der Waals surface area contributed by atoms with Crippen molar-refractivity contribution in [2.24, 2.45) is 0 Å². The van der Waals surface area contributed by atoms with Gasteiger partial charge in [-0.3, -0.25) is 0 Å².